The summed E-state index contributed by atoms with van der Waals surface area (Å²) >= 11 is 0. The highest BCUT2D eigenvalue weighted by atomic mass is 16.5. The predicted octanol–water partition coefficient (Wildman–Crippen LogP) is 2.59. The molecule has 1 rings (SSSR count). The highest BCUT2D eigenvalue weighted by Crippen LogP contribution is 2.20. The summed E-state index contributed by atoms with van der Waals surface area (Å²) in [5.74, 6) is 0.0751. The summed E-state index contributed by atoms with van der Waals surface area (Å²) in [7, 11) is 3.32. The molecule has 0 fully saturated rings. The molecule has 0 radical (unpaired) electrons. The first-order chi connectivity index (χ1) is 9.13. The molecule has 4 heteroatoms. The lowest BCUT2D eigenvalue weighted by Gasteiger charge is -2.21. The van der Waals surface area contributed by atoms with Crippen molar-refractivity contribution in [3.05, 3.63) is 29.8 Å². The number of amides is 1. The zero-order chi connectivity index (χ0) is 14.3. The summed E-state index contributed by atoms with van der Waals surface area (Å²) in [4.78, 5) is 13.7. The molecule has 1 amide bonds. The Balaban J connectivity index is 2.76. The maximum Gasteiger partial charge on any atom is 0.239 e. The molecule has 0 aliphatic carbocycles. The first kappa shape index (κ1) is 15.0. The molecule has 1 atom stereocenters. The number of nitrogens with zero attached hydrogens (tertiary/aromatic N) is 2. The molecule has 4 nitrogen and oxygen atoms in total. The monoisotopic (exact) mass is 260 g/mol. The average Bonchev–Trinajstić information content (AvgIpc) is 2.44. The first-order valence-corrected chi connectivity index (χ1v) is 6.40. The van der Waals surface area contributed by atoms with Crippen LogP contribution in [-0.2, 0) is 11.3 Å². The summed E-state index contributed by atoms with van der Waals surface area (Å²) < 4.78 is 5.26. The number of nitriles is 1. The minimum atomic E-state index is -0.551. The van der Waals surface area contributed by atoms with Crippen molar-refractivity contribution in [3.63, 3.8) is 0 Å². The van der Waals surface area contributed by atoms with Gasteiger partial charge in [-0.3, -0.25) is 4.79 Å². The SMILES string of the molecule is CCCC(C#N)C(=O)N(C)Cc1ccccc1OC. The van der Waals surface area contributed by atoms with E-state index < -0.39 is 5.92 Å². The molecular formula is C15H20N2O2. The molecule has 102 valence electrons. The number of hydrogen-bond donors (Lipinski definition) is 0. The molecule has 0 saturated heterocycles. The van der Waals surface area contributed by atoms with Crippen LogP contribution in [0, 0.1) is 17.2 Å². The molecule has 0 spiro atoms. The Kier molecular flexibility index (Phi) is 5.87. The molecule has 0 aliphatic heterocycles. The van der Waals surface area contributed by atoms with Crippen molar-refractivity contribution in [1.29, 1.82) is 5.26 Å². The highest BCUT2D eigenvalue weighted by molar-refractivity contribution is 5.81. The number of rotatable bonds is 6. The number of ether oxygens (including phenoxy) is 1. The predicted molar refractivity (Wildman–Crippen MR) is 73.5 cm³/mol. The van der Waals surface area contributed by atoms with Crippen LogP contribution in [0.5, 0.6) is 5.75 Å². The normalized spacial score (nSPS) is 11.5. The summed E-state index contributed by atoms with van der Waals surface area (Å²) in [6.07, 6.45) is 1.43. The number of carbonyl (C=O) groups excluding carboxylic acids is 1. The molecule has 0 bridgehead atoms. The fraction of sp³-hybridized carbons (Fsp3) is 0.467. The third-order valence-corrected chi connectivity index (χ3v) is 3.01. The molecule has 1 aromatic rings. The standard InChI is InChI=1S/C15H20N2O2/c1-4-7-12(10-16)15(18)17(2)11-13-8-5-6-9-14(13)19-3/h5-6,8-9,12H,4,7,11H2,1-3H3. The van der Waals surface area contributed by atoms with Crippen LogP contribution in [0.4, 0.5) is 0 Å². The third-order valence-electron chi connectivity index (χ3n) is 3.01. The Morgan fingerprint density at radius 2 is 2.16 bits per heavy atom. The van der Waals surface area contributed by atoms with Gasteiger partial charge in [0.05, 0.1) is 13.2 Å². The minimum absolute atomic E-state index is 0.129. The van der Waals surface area contributed by atoms with E-state index in [2.05, 4.69) is 6.07 Å². The van der Waals surface area contributed by atoms with Gasteiger partial charge < -0.3 is 9.64 Å². The Morgan fingerprint density at radius 1 is 1.47 bits per heavy atom. The first-order valence-electron chi connectivity index (χ1n) is 6.40. The van der Waals surface area contributed by atoms with E-state index in [4.69, 9.17) is 10.00 Å². The van der Waals surface area contributed by atoms with E-state index in [1.807, 2.05) is 31.2 Å². The largest absolute Gasteiger partial charge is 0.496 e. The molecular weight excluding hydrogens is 240 g/mol. The Bertz CT molecular complexity index is 465. The molecule has 1 unspecified atom stereocenters. The zero-order valence-corrected chi connectivity index (χ0v) is 11.7. The van der Waals surface area contributed by atoms with Gasteiger partial charge in [-0.15, -0.1) is 0 Å². The van der Waals surface area contributed by atoms with E-state index in [0.717, 1.165) is 17.7 Å². The Labute approximate surface area is 114 Å². The fourth-order valence-electron chi connectivity index (χ4n) is 1.96. The number of benzene rings is 1. The topological polar surface area (TPSA) is 53.3 Å². The van der Waals surface area contributed by atoms with Crippen molar-refractivity contribution >= 4 is 5.91 Å². The number of hydrogen-bond acceptors (Lipinski definition) is 3. The van der Waals surface area contributed by atoms with Crippen LogP contribution in [0.25, 0.3) is 0 Å². The van der Waals surface area contributed by atoms with Crippen molar-refractivity contribution < 1.29 is 9.53 Å². The van der Waals surface area contributed by atoms with Crippen molar-refractivity contribution in [2.75, 3.05) is 14.2 Å². The second kappa shape index (κ2) is 7.42. The van der Waals surface area contributed by atoms with Crippen LogP contribution in [0.3, 0.4) is 0 Å². The van der Waals surface area contributed by atoms with Gasteiger partial charge >= 0.3 is 0 Å². The van der Waals surface area contributed by atoms with Crippen LogP contribution in [0.2, 0.25) is 0 Å². The van der Waals surface area contributed by atoms with Gasteiger partial charge in [0.15, 0.2) is 0 Å². The smallest absolute Gasteiger partial charge is 0.239 e. The van der Waals surface area contributed by atoms with E-state index >= 15 is 0 Å². The maximum absolute atomic E-state index is 12.1. The van der Waals surface area contributed by atoms with Crippen molar-refractivity contribution in [3.8, 4) is 11.8 Å². The van der Waals surface area contributed by atoms with Crippen LogP contribution >= 0.6 is 0 Å². The second-order valence-electron chi connectivity index (χ2n) is 4.48. The minimum Gasteiger partial charge on any atom is -0.496 e. The van der Waals surface area contributed by atoms with Crippen LogP contribution in [-0.4, -0.2) is 25.0 Å². The molecule has 0 N–H and O–H groups in total. The summed E-state index contributed by atoms with van der Waals surface area (Å²) in [6.45, 7) is 2.42. The van der Waals surface area contributed by atoms with Gasteiger partial charge in [-0.1, -0.05) is 31.5 Å². The molecule has 0 aromatic heterocycles. The van der Waals surface area contributed by atoms with Gasteiger partial charge in [-0.2, -0.15) is 5.26 Å². The highest BCUT2D eigenvalue weighted by Gasteiger charge is 2.21. The van der Waals surface area contributed by atoms with Gasteiger partial charge in [0.25, 0.3) is 0 Å². The summed E-state index contributed by atoms with van der Waals surface area (Å²) in [5, 5.41) is 9.02. The quantitative estimate of drug-likeness (QED) is 0.790. The third kappa shape index (κ3) is 3.99. The molecule has 0 saturated carbocycles. The van der Waals surface area contributed by atoms with E-state index in [1.54, 1.807) is 19.1 Å². The van der Waals surface area contributed by atoms with E-state index in [1.165, 1.54) is 0 Å². The average molecular weight is 260 g/mol. The lowest BCUT2D eigenvalue weighted by Crippen LogP contribution is -2.32. The van der Waals surface area contributed by atoms with Crippen molar-refractivity contribution in [2.24, 2.45) is 5.92 Å². The lowest BCUT2D eigenvalue weighted by atomic mass is 10.0. The lowest BCUT2D eigenvalue weighted by molar-refractivity contribution is -0.133. The van der Waals surface area contributed by atoms with Crippen LogP contribution in [0.15, 0.2) is 24.3 Å². The zero-order valence-electron chi connectivity index (χ0n) is 11.7. The van der Waals surface area contributed by atoms with E-state index in [0.29, 0.717) is 13.0 Å². The van der Waals surface area contributed by atoms with Crippen LogP contribution < -0.4 is 4.74 Å². The van der Waals surface area contributed by atoms with Gasteiger partial charge in [0.2, 0.25) is 5.91 Å². The van der Waals surface area contributed by atoms with Crippen molar-refractivity contribution in [1.82, 2.24) is 4.90 Å². The second-order valence-corrected chi connectivity index (χ2v) is 4.48. The molecule has 0 heterocycles. The Morgan fingerprint density at radius 3 is 2.74 bits per heavy atom. The number of carbonyl (C=O) groups is 1. The number of methoxy groups -OCH3 is 1. The van der Waals surface area contributed by atoms with Gasteiger partial charge in [0, 0.05) is 19.2 Å². The van der Waals surface area contributed by atoms with Crippen LogP contribution in [0.1, 0.15) is 25.3 Å². The summed E-state index contributed by atoms with van der Waals surface area (Å²) in [6, 6.07) is 9.65. The molecule has 19 heavy (non-hydrogen) atoms. The van der Waals surface area contributed by atoms with Crippen molar-refractivity contribution in [2.45, 2.75) is 26.3 Å². The Hall–Kier alpha value is -2.02. The molecule has 1 aromatic carbocycles. The maximum atomic E-state index is 12.1. The fourth-order valence-corrected chi connectivity index (χ4v) is 1.96. The van der Waals surface area contributed by atoms with E-state index in [-0.39, 0.29) is 5.91 Å². The van der Waals surface area contributed by atoms with E-state index in [9.17, 15) is 4.79 Å². The summed E-state index contributed by atoms with van der Waals surface area (Å²) in [5.41, 5.74) is 0.939. The van der Waals surface area contributed by atoms with Gasteiger partial charge in [0.1, 0.15) is 11.7 Å². The molecule has 0 aliphatic rings. The van der Waals surface area contributed by atoms with Gasteiger partial charge in [-0.05, 0) is 12.5 Å². The van der Waals surface area contributed by atoms with Gasteiger partial charge in [-0.25, -0.2) is 0 Å². The number of para-hydroxylation sites is 1.